The minimum absolute atomic E-state index is 0.0136. The van der Waals surface area contributed by atoms with E-state index in [9.17, 15) is 14.4 Å². The highest BCUT2D eigenvalue weighted by atomic mass is 32.1. The molecule has 1 aliphatic heterocycles. The molecular formula is C30H24N2O4S. The highest BCUT2D eigenvalue weighted by molar-refractivity contribution is 7.07. The number of benzene rings is 3. The first-order chi connectivity index (χ1) is 18.0. The number of allylic oxidation sites excluding steroid dienone is 1. The lowest BCUT2D eigenvalue weighted by atomic mass is 9.80. The normalized spacial score (nSPS) is 15.4. The van der Waals surface area contributed by atoms with E-state index in [0.717, 1.165) is 16.9 Å². The Hall–Kier alpha value is -4.49. The summed E-state index contributed by atoms with van der Waals surface area (Å²) >= 11 is 1.16. The number of Topliss-reactive ketones (excluding diaryl/α,β-unsaturated/α-hetero) is 1. The summed E-state index contributed by atoms with van der Waals surface area (Å²) in [6.45, 7) is 1.86. The smallest absolute Gasteiger partial charge is 0.337 e. The average Bonchev–Trinajstić information content (AvgIpc) is 3.25. The van der Waals surface area contributed by atoms with Crippen molar-refractivity contribution in [2.45, 2.75) is 12.8 Å². The Labute approximate surface area is 217 Å². The van der Waals surface area contributed by atoms with Crippen LogP contribution in [0.5, 0.6) is 0 Å². The predicted octanol–water partition coefficient (Wildman–Crippen LogP) is 3.26. The van der Waals surface area contributed by atoms with E-state index in [-0.39, 0.29) is 29.4 Å². The van der Waals surface area contributed by atoms with E-state index in [1.54, 1.807) is 37.3 Å². The van der Waals surface area contributed by atoms with Gasteiger partial charge in [-0.15, -0.1) is 11.3 Å². The first-order valence-electron chi connectivity index (χ1n) is 11.9. The third kappa shape index (κ3) is 4.45. The Bertz CT molecular complexity index is 1690. The van der Waals surface area contributed by atoms with Crippen molar-refractivity contribution >= 4 is 40.6 Å². The second kappa shape index (κ2) is 10.2. The van der Waals surface area contributed by atoms with Crippen LogP contribution >= 0.6 is 11.3 Å². The van der Waals surface area contributed by atoms with Gasteiger partial charge in [-0.3, -0.25) is 14.2 Å². The molecule has 0 aliphatic carbocycles. The molecule has 5 rings (SSSR count). The number of thiazole rings is 1. The minimum Gasteiger partial charge on any atom is -0.463 e. The lowest BCUT2D eigenvalue weighted by Crippen LogP contribution is -2.41. The molecule has 7 heteroatoms. The van der Waals surface area contributed by atoms with Gasteiger partial charge in [-0.2, -0.15) is 0 Å². The molecular weight excluding hydrogens is 484 g/mol. The summed E-state index contributed by atoms with van der Waals surface area (Å²) in [5, 5.41) is 0. The second-order valence-electron chi connectivity index (χ2n) is 8.44. The molecule has 1 atom stereocenters. The van der Waals surface area contributed by atoms with Crippen molar-refractivity contribution < 1.29 is 14.3 Å². The third-order valence-electron chi connectivity index (χ3n) is 6.15. The fourth-order valence-corrected chi connectivity index (χ4v) is 5.67. The number of ketones is 1. The van der Waals surface area contributed by atoms with E-state index < -0.39 is 17.4 Å². The summed E-state index contributed by atoms with van der Waals surface area (Å²) in [4.78, 5) is 41.1. The highest BCUT2D eigenvalue weighted by Crippen LogP contribution is 2.38. The zero-order chi connectivity index (χ0) is 25.9. The number of carbonyl (C=O) groups excluding carboxylic acids is 2. The number of ether oxygens (including phenoxy) is 1. The van der Waals surface area contributed by atoms with E-state index in [2.05, 4.69) is 0 Å². The summed E-state index contributed by atoms with van der Waals surface area (Å²) < 4.78 is 7.49. The first-order valence-corrected chi connectivity index (χ1v) is 12.7. The quantitative estimate of drug-likeness (QED) is 0.319. The van der Waals surface area contributed by atoms with Gasteiger partial charge < -0.3 is 10.5 Å². The van der Waals surface area contributed by atoms with Gasteiger partial charge in [0, 0.05) is 5.56 Å². The number of nitrogens with two attached hydrogens (primary N) is 1. The van der Waals surface area contributed by atoms with Crippen LogP contribution in [0.15, 0.2) is 101 Å². The molecule has 1 aliphatic rings. The molecule has 0 amide bonds. The molecule has 4 aromatic rings. The van der Waals surface area contributed by atoms with Gasteiger partial charge in [-0.05, 0) is 24.1 Å². The van der Waals surface area contributed by atoms with E-state index in [0.29, 0.717) is 20.3 Å². The highest BCUT2D eigenvalue weighted by Gasteiger charge is 2.39. The summed E-state index contributed by atoms with van der Waals surface area (Å²) in [6, 6.07) is 27.3. The number of nitrogens with zero attached hydrogens (tertiary/aromatic N) is 1. The molecule has 37 heavy (non-hydrogen) atoms. The van der Waals surface area contributed by atoms with Gasteiger partial charge in [0.1, 0.15) is 10.5 Å². The Morgan fingerprint density at radius 2 is 1.51 bits per heavy atom. The zero-order valence-electron chi connectivity index (χ0n) is 20.1. The van der Waals surface area contributed by atoms with Crippen LogP contribution in [0, 0.1) is 0 Å². The van der Waals surface area contributed by atoms with Crippen LogP contribution in [-0.4, -0.2) is 22.9 Å². The van der Waals surface area contributed by atoms with E-state index >= 15 is 0 Å². The summed E-state index contributed by atoms with van der Waals surface area (Å²) in [5.41, 5.74) is 8.58. The van der Waals surface area contributed by atoms with Crippen LogP contribution in [0.1, 0.15) is 34.3 Å². The molecule has 6 nitrogen and oxygen atoms in total. The van der Waals surface area contributed by atoms with Gasteiger partial charge in [0.2, 0.25) is 0 Å². The number of esters is 1. The van der Waals surface area contributed by atoms with Gasteiger partial charge >= 0.3 is 5.97 Å². The number of carbonyl (C=O) groups is 2. The van der Waals surface area contributed by atoms with Crippen molar-refractivity contribution in [3.63, 3.8) is 0 Å². The monoisotopic (exact) mass is 508 g/mol. The van der Waals surface area contributed by atoms with Gasteiger partial charge in [0.05, 0.1) is 28.2 Å². The largest absolute Gasteiger partial charge is 0.463 e. The average molecular weight is 509 g/mol. The number of rotatable bonds is 6. The van der Waals surface area contributed by atoms with Crippen molar-refractivity contribution in [2.75, 3.05) is 6.61 Å². The number of aromatic nitrogens is 1. The van der Waals surface area contributed by atoms with Crippen molar-refractivity contribution in [3.8, 4) is 0 Å². The van der Waals surface area contributed by atoms with Crippen LogP contribution in [0.4, 0.5) is 0 Å². The maximum atomic E-state index is 13.9. The molecule has 1 aromatic heterocycles. The molecule has 0 fully saturated rings. The van der Waals surface area contributed by atoms with Crippen molar-refractivity contribution in [3.05, 3.63) is 133 Å². The topological polar surface area (TPSA) is 91.4 Å². The van der Waals surface area contributed by atoms with Gasteiger partial charge in [-0.25, -0.2) is 4.79 Å². The fourth-order valence-electron chi connectivity index (χ4n) is 4.50. The van der Waals surface area contributed by atoms with Crippen LogP contribution in [0.3, 0.4) is 0 Å². The van der Waals surface area contributed by atoms with Crippen LogP contribution in [0.2, 0.25) is 0 Å². The maximum absolute atomic E-state index is 13.9. The molecule has 2 N–H and O–H groups in total. The SMILES string of the molecule is CCOC(=O)C1=c2s/c(=C/c3ccccc3)c(=O)n2C(N)=C(C(=O)c2ccccc2)[C@H]1c1ccccc1. The second-order valence-corrected chi connectivity index (χ2v) is 9.47. The first kappa shape index (κ1) is 24.2. The minimum atomic E-state index is -0.810. The molecule has 0 saturated carbocycles. The molecule has 3 aromatic carbocycles. The maximum Gasteiger partial charge on any atom is 0.337 e. The third-order valence-corrected chi connectivity index (χ3v) is 7.26. The van der Waals surface area contributed by atoms with Gasteiger partial charge in [0.15, 0.2) is 5.78 Å². The van der Waals surface area contributed by atoms with Gasteiger partial charge in [-0.1, -0.05) is 91.0 Å². The number of hydrogen-bond donors (Lipinski definition) is 1. The summed E-state index contributed by atoms with van der Waals surface area (Å²) in [6.07, 6.45) is 1.75. The molecule has 184 valence electrons. The lowest BCUT2D eigenvalue weighted by Gasteiger charge is -2.27. The van der Waals surface area contributed by atoms with Gasteiger partial charge in [0.25, 0.3) is 5.56 Å². The molecule has 2 heterocycles. The van der Waals surface area contributed by atoms with Crippen molar-refractivity contribution in [2.24, 2.45) is 5.73 Å². The molecule has 0 saturated heterocycles. The fraction of sp³-hybridized carbons (Fsp3) is 0.100. The van der Waals surface area contributed by atoms with E-state index in [4.69, 9.17) is 10.5 Å². The van der Waals surface area contributed by atoms with Crippen LogP contribution < -0.4 is 20.5 Å². The van der Waals surface area contributed by atoms with E-state index in [1.807, 2.05) is 66.7 Å². The molecule has 0 spiro atoms. The van der Waals surface area contributed by atoms with E-state index in [1.165, 1.54) is 4.57 Å². The summed E-state index contributed by atoms with van der Waals surface area (Å²) in [7, 11) is 0. The molecule has 0 radical (unpaired) electrons. The zero-order valence-corrected chi connectivity index (χ0v) is 20.9. The van der Waals surface area contributed by atoms with Crippen LogP contribution in [0.25, 0.3) is 17.5 Å². The number of hydrogen-bond acceptors (Lipinski definition) is 6. The Kier molecular flexibility index (Phi) is 6.70. The van der Waals surface area contributed by atoms with Crippen molar-refractivity contribution in [1.82, 2.24) is 4.57 Å². The Morgan fingerprint density at radius 1 is 0.919 bits per heavy atom. The Morgan fingerprint density at radius 3 is 2.14 bits per heavy atom. The standard InChI is InChI=1S/C30H24N2O4S/c1-2-36-30(35)25-23(20-14-8-4-9-15-20)24(26(33)21-16-10-5-11-17-21)27(31)32-28(34)22(37-29(25)32)18-19-12-6-3-7-13-19/h3-18,23H,2,31H2,1H3/b22-18+/t23-/m1/s1. The predicted molar refractivity (Wildman–Crippen MR) is 145 cm³/mol. The van der Waals surface area contributed by atoms with Crippen molar-refractivity contribution in [1.29, 1.82) is 0 Å². The molecule has 0 bridgehead atoms. The Balaban J connectivity index is 1.88. The summed E-state index contributed by atoms with van der Waals surface area (Å²) in [5.74, 6) is -1.75. The molecule has 0 unspecified atom stereocenters. The lowest BCUT2D eigenvalue weighted by molar-refractivity contribution is -0.136. The number of fused-ring (bicyclic) bond motifs is 1. The van der Waals surface area contributed by atoms with Crippen LogP contribution in [-0.2, 0) is 9.53 Å².